The number of ether oxygens (including phenoxy) is 2. The molecule has 2 fully saturated rings. The van der Waals surface area contributed by atoms with E-state index in [-0.39, 0.29) is 29.5 Å². The van der Waals surface area contributed by atoms with Crippen LogP contribution in [0.5, 0.6) is 0 Å². The number of rotatable bonds is 6. The van der Waals surface area contributed by atoms with E-state index in [1.54, 1.807) is 16.7 Å². The van der Waals surface area contributed by atoms with Crippen LogP contribution in [0.2, 0.25) is 0 Å². The largest absolute Gasteiger partial charge is 0.466 e. The molecule has 2 rings (SSSR count). The average molecular weight is 358 g/mol. The standard InChI is InChI=1S/C16H26N2O5S/c1-2-23-16(21)13-4-3-5-18(10-13)15(20)12-24-11-14(19)17-6-8-22-9-7-17/h13H,2-12H2,1H3. The maximum absolute atomic E-state index is 12.3. The van der Waals surface area contributed by atoms with Crippen LogP contribution in [0.15, 0.2) is 0 Å². The Bertz CT molecular complexity index is 454. The second-order valence-corrected chi connectivity index (χ2v) is 6.90. The smallest absolute Gasteiger partial charge is 0.310 e. The number of likely N-dealkylation sites (tertiary alicyclic amines) is 1. The van der Waals surface area contributed by atoms with Crippen LogP contribution in [0.25, 0.3) is 0 Å². The number of thioether (sulfide) groups is 1. The monoisotopic (exact) mass is 358 g/mol. The SMILES string of the molecule is CCOC(=O)C1CCCN(C(=O)CSCC(=O)N2CCOCC2)C1. The molecule has 8 heteroatoms. The van der Waals surface area contributed by atoms with Crippen LogP contribution < -0.4 is 0 Å². The highest BCUT2D eigenvalue weighted by molar-refractivity contribution is 8.00. The molecule has 2 amide bonds. The van der Waals surface area contributed by atoms with Crippen molar-refractivity contribution in [2.75, 3.05) is 57.5 Å². The number of amides is 2. The van der Waals surface area contributed by atoms with Crippen LogP contribution >= 0.6 is 11.8 Å². The molecule has 2 heterocycles. The Labute approximate surface area is 147 Å². The summed E-state index contributed by atoms with van der Waals surface area (Å²) in [7, 11) is 0. The molecule has 0 radical (unpaired) electrons. The maximum Gasteiger partial charge on any atom is 0.310 e. The summed E-state index contributed by atoms with van der Waals surface area (Å²) < 4.78 is 10.3. The molecule has 7 nitrogen and oxygen atoms in total. The number of hydrogen-bond donors (Lipinski definition) is 0. The van der Waals surface area contributed by atoms with E-state index in [4.69, 9.17) is 9.47 Å². The van der Waals surface area contributed by atoms with Gasteiger partial charge in [-0.15, -0.1) is 11.8 Å². The first kappa shape index (κ1) is 19.1. The summed E-state index contributed by atoms with van der Waals surface area (Å²) >= 11 is 1.34. The fourth-order valence-electron chi connectivity index (χ4n) is 2.88. The molecule has 0 N–H and O–H groups in total. The van der Waals surface area contributed by atoms with Crippen molar-refractivity contribution >= 4 is 29.5 Å². The molecule has 0 saturated carbocycles. The number of morpholine rings is 1. The summed E-state index contributed by atoms with van der Waals surface area (Å²) in [6, 6.07) is 0. The number of piperidine rings is 1. The van der Waals surface area contributed by atoms with Gasteiger partial charge in [0.2, 0.25) is 11.8 Å². The molecule has 1 atom stereocenters. The lowest BCUT2D eigenvalue weighted by atomic mass is 9.98. The highest BCUT2D eigenvalue weighted by atomic mass is 32.2. The fraction of sp³-hybridized carbons (Fsp3) is 0.812. The van der Waals surface area contributed by atoms with Gasteiger partial charge in [-0.2, -0.15) is 0 Å². The highest BCUT2D eigenvalue weighted by Crippen LogP contribution is 2.19. The van der Waals surface area contributed by atoms with Gasteiger partial charge in [0.25, 0.3) is 0 Å². The summed E-state index contributed by atoms with van der Waals surface area (Å²) in [6.45, 7) is 5.66. The van der Waals surface area contributed by atoms with Crippen molar-refractivity contribution in [2.45, 2.75) is 19.8 Å². The van der Waals surface area contributed by atoms with Gasteiger partial charge in [-0.1, -0.05) is 0 Å². The summed E-state index contributed by atoms with van der Waals surface area (Å²) in [5, 5.41) is 0. The van der Waals surface area contributed by atoms with Crippen LogP contribution in [0.4, 0.5) is 0 Å². The second kappa shape index (κ2) is 9.88. The van der Waals surface area contributed by atoms with E-state index in [0.717, 1.165) is 12.8 Å². The van der Waals surface area contributed by atoms with Gasteiger partial charge in [0, 0.05) is 26.2 Å². The molecule has 0 aromatic heterocycles. The van der Waals surface area contributed by atoms with E-state index >= 15 is 0 Å². The lowest BCUT2D eigenvalue weighted by molar-refractivity contribution is -0.151. The average Bonchev–Trinajstić information content (AvgIpc) is 2.62. The minimum absolute atomic E-state index is 0.0104. The predicted octanol–water partition coefficient (Wildman–Crippen LogP) is 0.380. The Kier molecular flexibility index (Phi) is 7.84. The molecule has 2 saturated heterocycles. The van der Waals surface area contributed by atoms with Crippen molar-refractivity contribution in [3.63, 3.8) is 0 Å². The maximum atomic E-state index is 12.3. The molecule has 2 aliphatic rings. The third-order valence-electron chi connectivity index (χ3n) is 4.21. The first-order valence-electron chi connectivity index (χ1n) is 8.49. The molecule has 2 aliphatic heterocycles. The van der Waals surface area contributed by atoms with E-state index in [0.29, 0.717) is 51.8 Å². The lowest BCUT2D eigenvalue weighted by Gasteiger charge is -2.31. The molecule has 0 aromatic rings. The van der Waals surface area contributed by atoms with Crippen molar-refractivity contribution in [1.82, 2.24) is 9.80 Å². The highest BCUT2D eigenvalue weighted by Gasteiger charge is 2.29. The van der Waals surface area contributed by atoms with E-state index < -0.39 is 0 Å². The van der Waals surface area contributed by atoms with Crippen molar-refractivity contribution < 1.29 is 23.9 Å². The van der Waals surface area contributed by atoms with Crippen LogP contribution in [0.1, 0.15) is 19.8 Å². The first-order chi connectivity index (χ1) is 11.6. The zero-order valence-electron chi connectivity index (χ0n) is 14.2. The summed E-state index contributed by atoms with van der Waals surface area (Å²) in [6.07, 6.45) is 1.58. The first-order valence-corrected chi connectivity index (χ1v) is 9.65. The van der Waals surface area contributed by atoms with E-state index in [2.05, 4.69) is 0 Å². The van der Waals surface area contributed by atoms with Gasteiger partial charge >= 0.3 is 5.97 Å². The van der Waals surface area contributed by atoms with E-state index in [1.807, 2.05) is 0 Å². The van der Waals surface area contributed by atoms with Crippen LogP contribution in [-0.2, 0) is 23.9 Å². The lowest BCUT2D eigenvalue weighted by Crippen LogP contribution is -2.44. The quantitative estimate of drug-likeness (QED) is 0.639. The van der Waals surface area contributed by atoms with Gasteiger partial charge in [-0.25, -0.2) is 0 Å². The molecule has 0 bridgehead atoms. The number of carbonyl (C=O) groups excluding carboxylic acids is 3. The van der Waals surface area contributed by atoms with Gasteiger partial charge in [-0.05, 0) is 19.8 Å². The topological polar surface area (TPSA) is 76.2 Å². The molecule has 1 unspecified atom stereocenters. The summed E-state index contributed by atoms with van der Waals surface area (Å²) in [5.74, 6) is 0.183. The zero-order chi connectivity index (χ0) is 17.4. The number of esters is 1. The molecular formula is C16H26N2O5S. The second-order valence-electron chi connectivity index (χ2n) is 5.92. The molecule has 0 spiro atoms. The van der Waals surface area contributed by atoms with Crippen molar-refractivity contribution in [2.24, 2.45) is 5.92 Å². The molecule has 136 valence electrons. The molecular weight excluding hydrogens is 332 g/mol. The Morgan fingerprint density at radius 2 is 1.75 bits per heavy atom. The number of hydrogen-bond acceptors (Lipinski definition) is 6. The predicted molar refractivity (Wildman–Crippen MR) is 90.7 cm³/mol. The zero-order valence-corrected chi connectivity index (χ0v) is 15.0. The molecule has 0 aliphatic carbocycles. The minimum Gasteiger partial charge on any atom is -0.466 e. The number of nitrogens with zero attached hydrogens (tertiary/aromatic N) is 2. The third-order valence-corrected chi connectivity index (χ3v) is 5.11. The van der Waals surface area contributed by atoms with Crippen molar-refractivity contribution in [3.05, 3.63) is 0 Å². The van der Waals surface area contributed by atoms with Crippen LogP contribution in [0, 0.1) is 5.92 Å². The van der Waals surface area contributed by atoms with Crippen molar-refractivity contribution in [1.29, 1.82) is 0 Å². The summed E-state index contributed by atoms with van der Waals surface area (Å²) in [4.78, 5) is 39.6. The Morgan fingerprint density at radius 3 is 2.42 bits per heavy atom. The van der Waals surface area contributed by atoms with Crippen LogP contribution in [0.3, 0.4) is 0 Å². The Hall–Kier alpha value is -1.28. The number of carbonyl (C=O) groups is 3. The Morgan fingerprint density at radius 1 is 1.08 bits per heavy atom. The third kappa shape index (κ3) is 5.66. The van der Waals surface area contributed by atoms with Crippen molar-refractivity contribution in [3.8, 4) is 0 Å². The summed E-state index contributed by atoms with van der Waals surface area (Å²) in [5.41, 5.74) is 0. The van der Waals surface area contributed by atoms with Gasteiger partial charge in [0.1, 0.15) is 0 Å². The Balaban J connectivity index is 1.69. The van der Waals surface area contributed by atoms with E-state index in [9.17, 15) is 14.4 Å². The van der Waals surface area contributed by atoms with E-state index in [1.165, 1.54) is 11.8 Å². The van der Waals surface area contributed by atoms with Gasteiger partial charge < -0.3 is 19.3 Å². The van der Waals surface area contributed by atoms with Gasteiger partial charge in [0.05, 0.1) is 37.2 Å². The van der Waals surface area contributed by atoms with Gasteiger partial charge in [-0.3, -0.25) is 14.4 Å². The minimum atomic E-state index is -0.220. The van der Waals surface area contributed by atoms with Gasteiger partial charge in [0.15, 0.2) is 0 Å². The normalized spacial score (nSPS) is 21.5. The molecule has 24 heavy (non-hydrogen) atoms. The van der Waals surface area contributed by atoms with Crippen LogP contribution in [-0.4, -0.2) is 85.1 Å². The molecule has 0 aromatic carbocycles. The fourth-order valence-corrected chi connectivity index (χ4v) is 3.69.